The van der Waals surface area contributed by atoms with Crippen LogP contribution in [0, 0.1) is 13.8 Å². The fourth-order valence-corrected chi connectivity index (χ4v) is 1.52. The maximum Gasteiger partial charge on any atom is 0.245 e. The lowest BCUT2D eigenvalue weighted by Gasteiger charge is -2.03. The van der Waals surface area contributed by atoms with Crippen LogP contribution in [0.1, 0.15) is 17.2 Å². The van der Waals surface area contributed by atoms with Crippen LogP contribution in [-0.4, -0.2) is 28.7 Å². The summed E-state index contributed by atoms with van der Waals surface area (Å²) in [5, 5.41) is 12.3. The van der Waals surface area contributed by atoms with Crippen LogP contribution in [0.5, 0.6) is 0 Å². The smallest absolute Gasteiger partial charge is 0.245 e. The van der Waals surface area contributed by atoms with E-state index in [4.69, 9.17) is 9.05 Å². The number of hydrogen-bond donors (Lipinski definition) is 2. The first-order valence-corrected chi connectivity index (χ1v) is 5.95. The first-order valence-electron chi connectivity index (χ1n) is 5.95. The standard InChI is InChI=1S/C12H14N4O4/c1-7-3-9(15-19-7)5-11(17)13-6-12(18)14-10-4-8(2)20-16-10/h3-4H,5-6H2,1-2H3,(H,13,17)(H,14,16,18). The molecule has 20 heavy (non-hydrogen) atoms. The molecular formula is C12H14N4O4. The lowest BCUT2D eigenvalue weighted by molar-refractivity contribution is -0.123. The summed E-state index contributed by atoms with van der Waals surface area (Å²) in [4.78, 5) is 23.1. The van der Waals surface area contributed by atoms with E-state index >= 15 is 0 Å². The summed E-state index contributed by atoms with van der Waals surface area (Å²) >= 11 is 0. The number of amides is 2. The second-order valence-electron chi connectivity index (χ2n) is 4.25. The quantitative estimate of drug-likeness (QED) is 0.827. The first kappa shape index (κ1) is 13.8. The Labute approximate surface area is 114 Å². The maximum atomic E-state index is 11.6. The topological polar surface area (TPSA) is 110 Å². The second-order valence-corrected chi connectivity index (χ2v) is 4.25. The lowest BCUT2D eigenvalue weighted by atomic mass is 10.3. The van der Waals surface area contributed by atoms with Gasteiger partial charge in [0.05, 0.1) is 18.7 Å². The van der Waals surface area contributed by atoms with Crippen molar-refractivity contribution in [2.45, 2.75) is 20.3 Å². The van der Waals surface area contributed by atoms with Gasteiger partial charge in [-0.3, -0.25) is 9.59 Å². The fourth-order valence-electron chi connectivity index (χ4n) is 1.52. The predicted octanol–water partition coefficient (Wildman–Crippen LogP) is 0.577. The Balaban J connectivity index is 1.74. The number of carbonyl (C=O) groups is 2. The van der Waals surface area contributed by atoms with E-state index in [0.29, 0.717) is 23.0 Å². The molecule has 2 amide bonds. The Morgan fingerprint density at radius 1 is 1.10 bits per heavy atom. The van der Waals surface area contributed by atoms with E-state index in [-0.39, 0.29) is 24.8 Å². The zero-order chi connectivity index (χ0) is 14.5. The van der Waals surface area contributed by atoms with Gasteiger partial charge >= 0.3 is 0 Å². The highest BCUT2D eigenvalue weighted by Gasteiger charge is 2.10. The lowest BCUT2D eigenvalue weighted by Crippen LogP contribution is -2.33. The first-order chi connectivity index (χ1) is 9.52. The number of aromatic nitrogens is 2. The van der Waals surface area contributed by atoms with Gasteiger partial charge in [0.2, 0.25) is 11.8 Å². The molecule has 106 valence electrons. The molecule has 2 N–H and O–H groups in total. The van der Waals surface area contributed by atoms with Gasteiger partial charge in [0.1, 0.15) is 11.5 Å². The zero-order valence-electron chi connectivity index (χ0n) is 11.1. The summed E-state index contributed by atoms with van der Waals surface area (Å²) in [7, 11) is 0. The molecule has 0 aromatic carbocycles. The molecule has 0 aliphatic carbocycles. The van der Waals surface area contributed by atoms with Crippen molar-refractivity contribution >= 4 is 17.6 Å². The molecule has 0 atom stereocenters. The van der Waals surface area contributed by atoms with Crippen LogP contribution in [0.25, 0.3) is 0 Å². The number of aryl methyl sites for hydroxylation is 2. The van der Waals surface area contributed by atoms with Crippen LogP contribution >= 0.6 is 0 Å². The zero-order valence-corrected chi connectivity index (χ0v) is 11.1. The van der Waals surface area contributed by atoms with E-state index in [2.05, 4.69) is 20.9 Å². The van der Waals surface area contributed by atoms with Crippen LogP contribution in [-0.2, 0) is 16.0 Å². The third-order valence-electron chi connectivity index (χ3n) is 2.36. The van der Waals surface area contributed by atoms with Crippen LogP contribution in [0.15, 0.2) is 21.2 Å². The number of hydrogen-bond acceptors (Lipinski definition) is 6. The average molecular weight is 278 g/mol. The van der Waals surface area contributed by atoms with E-state index in [1.165, 1.54) is 0 Å². The Morgan fingerprint density at radius 2 is 1.80 bits per heavy atom. The molecule has 2 rings (SSSR count). The number of anilines is 1. The van der Waals surface area contributed by atoms with E-state index in [1.54, 1.807) is 26.0 Å². The van der Waals surface area contributed by atoms with Gasteiger partial charge in [0, 0.05) is 12.1 Å². The molecule has 0 spiro atoms. The van der Waals surface area contributed by atoms with Gasteiger partial charge < -0.3 is 19.7 Å². The summed E-state index contributed by atoms with van der Waals surface area (Å²) in [6.45, 7) is 3.30. The molecule has 0 radical (unpaired) electrons. The Hall–Kier alpha value is -2.64. The summed E-state index contributed by atoms with van der Waals surface area (Å²) in [5.41, 5.74) is 0.521. The molecule has 2 aromatic heterocycles. The normalized spacial score (nSPS) is 10.3. The van der Waals surface area contributed by atoms with Gasteiger partial charge in [-0.15, -0.1) is 0 Å². The molecule has 2 aromatic rings. The Bertz CT molecular complexity index is 562. The van der Waals surface area contributed by atoms with Crippen molar-refractivity contribution in [2.75, 3.05) is 11.9 Å². The van der Waals surface area contributed by atoms with E-state index in [0.717, 1.165) is 0 Å². The van der Waals surface area contributed by atoms with Crippen LogP contribution < -0.4 is 10.6 Å². The van der Waals surface area contributed by atoms with Crippen molar-refractivity contribution in [1.82, 2.24) is 15.6 Å². The predicted molar refractivity (Wildman–Crippen MR) is 67.8 cm³/mol. The van der Waals surface area contributed by atoms with Gasteiger partial charge in [-0.25, -0.2) is 0 Å². The highest BCUT2D eigenvalue weighted by atomic mass is 16.5. The van der Waals surface area contributed by atoms with Crippen molar-refractivity contribution in [3.8, 4) is 0 Å². The molecule has 0 unspecified atom stereocenters. The van der Waals surface area contributed by atoms with Gasteiger partial charge in [-0.2, -0.15) is 0 Å². The Morgan fingerprint density at radius 3 is 2.40 bits per heavy atom. The monoisotopic (exact) mass is 278 g/mol. The van der Waals surface area contributed by atoms with Crippen molar-refractivity contribution in [3.05, 3.63) is 29.3 Å². The summed E-state index contributed by atoms with van der Waals surface area (Å²) < 4.78 is 9.65. The van der Waals surface area contributed by atoms with Crippen molar-refractivity contribution in [3.63, 3.8) is 0 Å². The van der Waals surface area contributed by atoms with Crippen molar-refractivity contribution in [2.24, 2.45) is 0 Å². The van der Waals surface area contributed by atoms with Crippen molar-refractivity contribution in [1.29, 1.82) is 0 Å². The molecule has 0 saturated heterocycles. The summed E-state index contributed by atoms with van der Waals surface area (Å²) in [5.74, 6) is 0.833. The summed E-state index contributed by atoms with van der Waals surface area (Å²) in [6.07, 6.45) is 0.0632. The van der Waals surface area contributed by atoms with Gasteiger partial charge in [-0.1, -0.05) is 10.3 Å². The second kappa shape index (κ2) is 6.00. The largest absolute Gasteiger partial charge is 0.361 e. The molecule has 0 aliphatic heterocycles. The van der Waals surface area contributed by atoms with Gasteiger partial charge in [0.25, 0.3) is 0 Å². The summed E-state index contributed by atoms with van der Waals surface area (Å²) in [6, 6.07) is 3.25. The minimum atomic E-state index is -0.386. The highest BCUT2D eigenvalue weighted by molar-refractivity contribution is 5.93. The van der Waals surface area contributed by atoms with Crippen LogP contribution in [0.2, 0.25) is 0 Å². The van der Waals surface area contributed by atoms with Gasteiger partial charge in [-0.05, 0) is 13.8 Å². The third kappa shape index (κ3) is 3.94. The molecule has 2 heterocycles. The molecular weight excluding hydrogens is 264 g/mol. The number of nitrogens with zero attached hydrogens (tertiary/aromatic N) is 2. The van der Waals surface area contributed by atoms with Crippen LogP contribution in [0.3, 0.4) is 0 Å². The minimum absolute atomic E-state index is 0.0632. The molecule has 8 heteroatoms. The number of nitrogens with one attached hydrogen (secondary N) is 2. The van der Waals surface area contributed by atoms with Crippen LogP contribution in [0.4, 0.5) is 5.82 Å². The molecule has 0 aliphatic rings. The van der Waals surface area contributed by atoms with Gasteiger partial charge in [0.15, 0.2) is 5.82 Å². The third-order valence-corrected chi connectivity index (χ3v) is 2.36. The number of carbonyl (C=O) groups excluding carboxylic acids is 2. The number of rotatable bonds is 5. The van der Waals surface area contributed by atoms with E-state index < -0.39 is 0 Å². The van der Waals surface area contributed by atoms with Crippen molar-refractivity contribution < 1.29 is 18.6 Å². The molecule has 0 saturated carbocycles. The maximum absolute atomic E-state index is 11.6. The van der Waals surface area contributed by atoms with E-state index in [1.807, 2.05) is 0 Å². The SMILES string of the molecule is Cc1cc(CC(=O)NCC(=O)Nc2cc(C)on2)no1. The van der Waals surface area contributed by atoms with E-state index in [9.17, 15) is 9.59 Å². The minimum Gasteiger partial charge on any atom is -0.361 e. The highest BCUT2D eigenvalue weighted by Crippen LogP contribution is 2.06. The average Bonchev–Trinajstić information content (AvgIpc) is 2.96. The Kier molecular flexibility index (Phi) is 4.14. The molecule has 0 bridgehead atoms. The fraction of sp³-hybridized carbons (Fsp3) is 0.333. The molecule has 0 fully saturated rings. The molecule has 8 nitrogen and oxygen atoms in total.